The first-order valence-electron chi connectivity index (χ1n) is 6.23. The number of amides is 1. The number of benzene rings is 1. The molecular formula is C15H14N2O2. The van der Waals surface area contributed by atoms with Gasteiger partial charge in [-0.2, -0.15) is 0 Å². The van der Waals surface area contributed by atoms with Gasteiger partial charge in [-0.15, -0.1) is 6.58 Å². The van der Waals surface area contributed by atoms with E-state index in [1.165, 1.54) is 0 Å². The summed E-state index contributed by atoms with van der Waals surface area (Å²) >= 11 is 0. The van der Waals surface area contributed by atoms with E-state index in [-0.39, 0.29) is 11.8 Å². The Balaban J connectivity index is 1.86. The van der Waals surface area contributed by atoms with Gasteiger partial charge in [0.15, 0.2) is 0 Å². The molecule has 19 heavy (non-hydrogen) atoms. The molecule has 2 aromatic rings. The molecule has 1 aromatic carbocycles. The zero-order valence-electron chi connectivity index (χ0n) is 10.5. The van der Waals surface area contributed by atoms with Gasteiger partial charge < -0.3 is 4.52 Å². The first kappa shape index (κ1) is 11.7. The smallest absolute Gasteiger partial charge is 0.234 e. The van der Waals surface area contributed by atoms with E-state index >= 15 is 0 Å². The molecule has 1 amide bonds. The molecule has 4 heteroatoms. The van der Waals surface area contributed by atoms with Crippen LogP contribution in [0.3, 0.4) is 0 Å². The molecule has 1 saturated heterocycles. The van der Waals surface area contributed by atoms with Crippen molar-refractivity contribution in [2.24, 2.45) is 5.92 Å². The number of hydrogen-bond donors (Lipinski definition) is 0. The molecule has 1 aliphatic heterocycles. The second-order valence-corrected chi connectivity index (χ2v) is 4.62. The molecule has 0 saturated carbocycles. The maximum atomic E-state index is 11.9. The number of rotatable bonds is 3. The van der Waals surface area contributed by atoms with Crippen LogP contribution < -0.4 is 4.90 Å². The van der Waals surface area contributed by atoms with Crippen LogP contribution in [0, 0.1) is 5.92 Å². The topological polar surface area (TPSA) is 46.3 Å². The number of carbonyl (C=O) groups excluding carboxylic acids is 1. The van der Waals surface area contributed by atoms with Gasteiger partial charge in [0.1, 0.15) is 5.69 Å². The van der Waals surface area contributed by atoms with Crippen molar-refractivity contribution < 1.29 is 9.32 Å². The van der Waals surface area contributed by atoms with E-state index in [9.17, 15) is 4.79 Å². The summed E-state index contributed by atoms with van der Waals surface area (Å²) in [6, 6.07) is 11.6. The fourth-order valence-electron chi connectivity index (χ4n) is 2.24. The Hall–Kier alpha value is -2.36. The highest BCUT2D eigenvalue weighted by atomic mass is 16.5. The second kappa shape index (κ2) is 4.72. The SMILES string of the molecule is C=CC1CC(=O)N(c2cc(-c3ccccc3)no2)C1. The molecule has 0 radical (unpaired) electrons. The fourth-order valence-corrected chi connectivity index (χ4v) is 2.24. The summed E-state index contributed by atoms with van der Waals surface area (Å²) < 4.78 is 5.29. The van der Waals surface area contributed by atoms with Gasteiger partial charge in [0.05, 0.1) is 0 Å². The molecule has 1 fully saturated rings. The molecule has 1 atom stereocenters. The van der Waals surface area contributed by atoms with Crippen molar-refractivity contribution >= 4 is 11.8 Å². The minimum Gasteiger partial charge on any atom is -0.338 e. The van der Waals surface area contributed by atoms with Crippen molar-refractivity contribution in [1.29, 1.82) is 0 Å². The number of carbonyl (C=O) groups is 1. The van der Waals surface area contributed by atoms with Crippen molar-refractivity contribution in [1.82, 2.24) is 5.16 Å². The molecule has 0 bridgehead atoms. The van der Waals surface area contributed by atoms with Crippen LogP contribution in [0.15, 0.2) is 53.6 Å². The van der Waals surface area contributed by atoms with Crippen LogP contribution in [0.25, 0.3) is 11.3 Å². The molecule has 1 aromatic heterocycles. The normalized spacial score (nSPS) is 18.8. The Kier molecular flexibility index (Phi) is 2.91. The summed E-state index contributed by atoms with van der Waals surface area (Å²) in [5.41, 5.74) is 1.72. The average Bonchev–Trinajstić information content (AvgIpc) is 3.06. The zero-order chi connectivity index (χ0) is 13.2. The lowest BCUT2D eigenvalue weighted by molar-refractivity contribution is -0.117. The predicted octanol–water partition coefficient (Wildman–Crippen LogP) is 2.88. The predicted molar refractivity (Wildman–Crippen MR) is 72.6 cm³/mol. The average molecular weight is 254 g/mol. The van der Waals surface area contributed by atoms with Crippen LogP contribution in [0.2, 0.25) is 0 Å². The van der Waals surface area contributed by atoms with Gasteiger partial charge in [-0.25, -0.2) is 0 Å². The minimum atomic E-state index is 0.0562. The van der Waals surface area contributed by atoms with Gasteiger partial charge in [-0.1, -0.05) is 41.6 Å². The van der Waals surface area contributed by atoms with E-state index < -0.39 is 0 Å². The van der Waals surface area contributed by atoms with Gasteiger partial charge >= 0.3 is 0 Å². The van der Waals surface area contributed by atoms with Crippen molar-refractivity contribution in [2.75, 3.05) is 11.4 Å². The molecule has 0 aliphatic carbocycles. The van der Waals surface area contributed by atoms with E-state index in [1.807, 2.05) is 36.4 Å². The highest BCUT2D eigenvalue weighted by Crippen LogP contribution is 2.29. The zero-order valence-corrected chi connectivity index (χ0v) is 10.5. The summed E-state index contributed by atoms with van der Waals surface area (Å²) in [5.74, 6) is 0.756. The third kappa shape index (κ3) is 2.17. The monoisotopic (exact) mass is 254 g/mol. The van der Waals surface area contributed by atoms with E-state index in [4.69, 9.17) is 4.52 Å². The van der Waals surface area contributed by atoms with Crippen molar-refractivity contribution in [2.45, 2.75) is 6.42 Å². The van der Waals surface area contributed by atoms with Gasteiger partial charge in [0.25, 0.3) is 0 Å². The molecule has 3 rings (SSSR count). The number of hydrogen-bond acceptors (Lipinski definition) is 3. The van der Waals surface area contributed by atoms with Crippen LogP contribution in [0.5, 0.6) is 0 Å². The third-order valence-electron chi connectivity index (χ3n) is 3.32. The molecule has 0 spiro atoms. The molecule has 1 unspecified atom stereocenters. The Morgan fingerprint density at radius 2 is 2.16 bits per heavy atom. The Labute approximate surface area is 111 Å². The van der Waals surface area contributed by atoms with Gasteiger partial charge in [-0.05, 0) is 0 Å². The largest absolute Gasteiger partial charge is 0.338 e. The van der Waals surface area contributed by atoms with Gasteiger partial charge in [0, 0.05) is 30.5 Å². The summed E-state index contributed by atoms with van der Waals surface area (Å²) in [6.45, 7) is 4.35. The molecule has 4 nitrogen and oxygen atoms in total. The fraction of sp³-hybridized carbons (Fsp3) is 0.200. The molecule has 2 heterocycles. The lowest BCUT2D eigenvalue weighted by Gasteiger charge is -2.10. The summed E-state index contributed by atoms with van der Waals surface area (Å²) in [7, 11) is 0. The number of nitrogens with zero attached hydrogens (tertiary/aromatic N) is 2. The number of anilines is 1. The van der Waals surface area contributed by atoms with Crippen LogP contribution in [0.1, 0.15) is 6.42 Å². The van der Waals surface area contributed by atoms with E-state index in [1.54, 1.807) is 11.0 Å². The van der Waals surface area contributed by atoms with Gasteiger partial charge in [0.2, 0.25) is 11.8 Å². The summed E-state index contributed by atoms with van der Waals surface area (Å²) in [5, 5.41) is 4.02. The van der Waals surface area contributed by atoms with Crippen LogP contribution in [-0.2, 0) is 4.79 Å². The van der Waals surface area contributed by atoms with E-state index in [0.29, 0.717) is 18.8 Å². The Morgan fingerprint density at radius 1 is 1.37 bits per heavy atom. The lowest BCUT2D eigenvalue weighted by atomic mass is 10.1. The summed E-state index contributed by atoms with van der Waals surface area (Å²) in [6.07, 6.45) is 2.30. The quantitative estimate of drug-likeness (QED) is 0.791. The maximum absolute atomic E-state index is 11.9. The van der Waals surface area contributed by atoms with Crippen molar-refractivity contribution in [3.63, 3.8) is 0 Å². The highest BCUT2D eigenvalue weighted by molar-refractivity contribution is 5.95. The molecular weight excluding hydrogens is 240 g/mol. The van der Waals surface area contributed by atoms with E-state index in [2.05, 4.69) is 11.7 Å². The Morgan fingerprint density at radius 3 is 2.84 bits per heavy atom. The number of aromatic nitrogens is 1. The van der Waals surface area contributed by atoms with Crippen molar-refractivity contribution in [3.8, 4) is 11.3 Å². The lowest BCUT2D eigenvalue weighted by Crippen LogP contribution is -2.23. The summed E-state index contributed by atoms with van der Waals surface area (Å²) in [4.78, 5) is 13.5. The third-order valence-corrected chi connectivity index (χ3v) is 3.32. The molecule has 0 N–H and O–H groups in total. The van der Waals surface area contributed by atoms with Crippen molar-refractivity contribution in [3.05, 3.63) is 49.1 Å². The maximum Gasteiger partial charge on any atom is 0.234 e. The van der Waals surface area contributed by atoms with E-state index in [0.717, 1.165) is 11.3 Å². The van der Waals surface area contributed by atoms with Crippen LogP contribution >= 0.6 is 0 Å². The molecule has 96 valence electrons. The second-order valence-electron chi connectivity index (χ2n) is 4.62. The molecule has 1 aliphatic rings. The standard InChI is InChI=1S/C15H14N2O2/c1-2-11-8-14(18)17(10-11)15-9-13(16-19-15)12-6-4-3-5-7-12/h2-7,9,11H,1,8,10H2. The van der Waals surface area contributed by atoms with Crippen LogP contribution in [0.4, 0.5) is 5.88 Å². The first-order valence-corrected chi connectivity index (χ1v) is 6.23. The van der Waals surface area contributed by atoms with Crippen LogP contribution in [-0.4, -0.2) is 17.6 Å². The van der Waals surface area contributed by atoms with Gasteiger partial charge in [-0.3, -0.25) is 9.69 Å². The first-order chi connectivity index (χ1) is 9.28. The minimum absolute atomic E-state index is 0.0562. The highest BCUT2D eigenvalue weighted by Gasteiger charge is 2.31. The Bertz CT molecular complexity index is 604.